The van der Waals surface area contributed by atoms with Crippen molar-refractivity contribution in [2.45, 2.75) is 45.3 Å². The van der Waals surface area contributed by atoms with Gasteiger partial charge in [0.1, 0.15) is 11.0 Å². The van der Waals surface area contributed by atoms with Gasteiger partial charge in [0.15, 0.2) is 5.78 Å². The number of non-ortho nitro benzene ring substituents is 1. The summed E-state index contributed by atoms with van der Waals surface area (Å²) in [6.07, 6.45) is -1.11. The summed E-state index contributed by atoms with van der Waals surface area (Å²) in [6, 6.07) is 3.61. The van der Waals surface area contributed by atoms with Crippen LogP contribution in [0.1, 0.15) is 32.8 Å². The van der Waals surface area contributed by atoms with E-state index in [1.807, 2.05) is 4.90 Å². The van der Waals surface area contributed by atoms with Crippen LogP contribution in [0.3, 0.4) is 0 Å². The van der Waals surface area contributed by atoms with Crippen LogP contribution in [0.15, 0.2) is 18.2 Å². The Balaban J connectivity index is 1.78. The Hall–Kier alpha value is -3.50. The maximum atomic E-state index is 13.2. The molecule has 2 atom stereocenters. The molecule has 1 N–H and O–H groups in total. The lowest BCUT2D eigenvalue weighted by molar-refractivity contribution is -0.384. The number of Topliss-reactive ketones (excluding diaryl/α,β-unsaturated/α-hetero) is 1. The van der Waals surface area contributed by atoms with E-state index in [-0.39, 0.29) is 25.2 Å². The third-order valence-electron chi connectivity index (χ3n) is 6.13. The number of nitro groups is 1. The molecule has 0 radical (unpaired) electrons. The molecule has 1 aromatic carbocycles. The number of benzene rings is 1. The minimum absolute atomic E-state index is 0.0404. The zero-order valence-electron chi connectivity index (χ0n) is 18.0. The lowest BCUT2D eigenvalue weighted by Gasteiger charge is -2.54. The molecule has 2 unspecified atom stereocenters. The fourth-order valence-electron chi connectivity index (χ4n) is 4.74. The van der Waals surface area contributed by atoms with Crippen LogP contribution in [0.4, 0.5) is 16.2 Å². The van der Waals surface area contributed by atoms with Crippen LogP contribution in [0.25, 0.3) is 0 Å². The molecule has 11 nitrogen and oxygen atoms in total. The molecule has 0 saturated carbocycles. The van der Waals surface area contributed by atoms with Gasteiger partial charge in [-0.3, -0.25) is 29.8 Å². The highest BCUT2D eigenvalue weighted by molar-refractivity contribution is 6.22. The van der Waals surface area contributed by atoms with Gasteiger partial charge in [0.25, 0.3) is 5.69 Å². The van der Waals surface area contributed by atoms with Crippen molar-refractivity contribution in [3.63, 3.8) is 0 Å². The molecule has 2 saturated heterocycles. The Morgan fingerprint density at radius 2 is 1.97 bits per heavy atom. The zero-order valence-corrected chi connectivity index (χ0v) is 18.0. The summed E-state index contributed by atoms with van der Waals surface area (Å²) >= 11 is 0. The van der Waals surface area contributed by atoms with Crippen molar-refractivity contribution in [1.29, 1.82) is 0 Å². The van der Waals surface area contributed by atoms with Crippen LogP contribution in [0.5, 0.6) is 0 Å². The second-order valence-corrected chi connectivity index (χ2v) is 9.33. The summed E-state index contributed by atoms with van der Waals surface area (Å²) in [7, 11) is 0. The van der Waals surface area contributed by atoms with Crippen molar-refractivity contribution in [3.05, 3.63) is 33.9 Å². The molecule has 1 spiro atoms. The number of carbonyl (C=O) groups is 4. The Morgan fingerprint density at radius 3 is 2.59 bits per heavy atom. The van der Waals surface area contributed by atoms with Crippen LogP contribution in [-0.2, 0) is 25.5 Å². The number of imide groups is 1. The van der Waals surface area contributed by atoms with Gasteiger partial charge in [0.2, 0.25) is 11.8 Å². The smallest absolute Gasteiger partial charge is 0.410 e. The third-order valence-corrected chi connectivity index (χ3v) is 6.13. The van der Waals surface area contributed by atoms with E-state index in [2.05, 4.69) is 5.32 Å². The molecule has 32 heavy (non-hydrogen) atoms. The van der Waals surface area contributed by atoms with Crippen LogP contribution in [-0.4, -0.2) is 64.8 Å². The van der Waals surface area contributed by atoms with Crippen molar-refractivity contribution in [3.8, 4) is 0 Å². The van der Waals surface area contributed by atoms with E-state index >= 15 is 0 Å². The predicted molar refractivity (Wildman–Crippen MR) is 111 cm³/mol. The topological polar surface area (TPSA) is 139 Å². The molecule has 0 aromatic heterocycles. The van der Waals surface area contributed by atoms with Gasteiger partial charge in [0.05, 0.1) is 17.4 Å². The summed E-state index contributed by atoms with van der Waals surface area (Å²) in [5.74, 6) is -1.97. The summed E-state index contributed by atoms with van der Waals surface area (Å²) in [5, 5.41) is 13.5. The van der Waals surface area contributed by atoms with E-state index in [1.165, 1.54) is 17.0 Å². The Kier molecular flexibility index (Phi) is 4.94. The first-order chi connectivity index (χ1) is 14.9. The number of fused-ring (bicyclic) bond motifs is 4. The number of nitrogens with one attached hydrogen (secondary N) is 1. The van der Waals surface area contributed by atoms with Crippen LogP contribution in [0, 0.1) is 15.5 Å². The van der Waals surface area contributed by atoms with Crippen molar-refractivity contribution < 1.29 is 28.8 Å². The molecule has 3 aliphatic rings. The number of piperidine rings is 1. The number of ketones is 1. The molecule has 1 aromatic rings. The second-order valence-electron chi connectivity index (χ2n) is 9.33. The average Bonchev–Trinajstić information content (AvgIpc) is 2.69. The number of rotatable bonds is 1. The largest absolute Gasteiger partial charge is 0.444 e. The number of carbonyl (C=O) groups excluding carboxylic acids is 4. The number of hydrogen-bond donors (Lipinski definition) is 1. The molecule has 3 heterocycles. The van der Waals surface area contributed by atoms with Crippen molar-refractivity contribution in [2.24, 2.45) is 5.41 Å². The first-order valence-electron chi connectivity index (χ1n) is 10.3. The van der Waals surface area contributed by atoms with Crippen LogP contribution in [0.2, 0.25) is 0 Å². The van der Waals surface area contributed by atoms with Gasteiger partial charge in [-0.25, -0.2) is 4.79 Å². The lowest BCUT2D eigenvalue weighted by Crippen LogP contribution is -2.71. The fraction of sp³-hybridized carbons (Fsp3) is 0.524. The van der Waals surface area contributed by atoms with E-state index < -0.39 is 52.1 Å². The van der Waals surface area contributed by atoms with E-state index in [1.54, 1.807) is 26.8 Å². The van der Waals surface area contributed by atoms with E-state index in [0.717, 1.165) is 0 Å². The van der Waals surface area contributed by atoms with Gasteiger partial charge in [0, 0.05) is 37.5 Å². The molecular formula is C21H24N4O7. The molecule has 2 fully saturated rings. The van der Waals surface area contributed by atoms with Crippen LogP contribution < -0.4 is 10.2 Å². The standard InChI is InChI=1S/C21H24N4O7/c1-20(2,3)32-19(29)23-6-7-24-14-5-4-13(25(30)31)8-12(14)10-21(15(24)11-23)16(26)9-17(27)22-18(21)28/h4-5,8,15H,6-7,9-11H2,1-3H3,(H,22,27,28). The highest BCUT2D eigenvalue weighted by Crippen LogP contribution is 2.46. The molecular weight excluding hydrogens is 420 g/mol. The van der Waals surface area contributed by atoms with E-state index in [4.69, 9.17) is 4.74 Å². The minimum Gasteiger partial charge on any atom is -0.444 e. The number of ether oxygens (including phenoxy) is 1. The Bertz CT molecular complexity index is 1030. The summed E-state index contributed by atoms with van der Waals surface area (Å²) in [4.78, 5) is 64.9. The number of anilines is 1. The van der Waals surface area contributed by atoms with Crippen LogP contribution >= 0.6 is 0 Å². The quantitative estimate of drug-likeness (QED) is 0.295. The molecule has 3 aliphatic heterocycles. The number of nitrogens with zero attached hydrogens (tertiary/aromatic N) is 3. The number of nitro benzene ring substituents is 1. The summed E-state index contributed by atoms with van der Waals surface area (Å²) < 4.78 is 5.47. The highest BCUT2D eigenvalue weighted by Gasteiger charge is 2.60. The number of hydrogen-bond acceptors (Lipinski definition) is 8. The maximum Gasteiger partial charge on any atom is 0.410 e. The Labute approximate surface area is 183 Å². The molecule has 3 amide bonds. The molecule has 0 aliphatic carbocycles. The Morgan fingerprint density at radius 1 is 1.25 bits per heavy atom. The molecule has 4 rings (SSSR count). The maximum absolute atomic E-state index is 13.2. The highest BCUT2D eigenvalue weighted by atomic mass is 16.6. The zero-order chi connectivity index (χ0) is 23.4. The predicted octanol–water partition coefficient (Wildman–Crippen LogP) is 1.18. The lowest BCUT2D eigenvalue weighted by atomic mass is 9.65. The molecule has 170 valence electrons. The van der Waals surface area contributed by atoms with Gasteiger partial charge >= 0.3 is 6.09 Å². The fourth-order valence-corrected chi connectivity index (χ4v) is 4.74. The monoisotopic (exact) mass is 444 g/mol. The number of amides is 3. The van der Waals surface area contributed by atoms with E-state index in [9.17, 15) is 29.3 Å². The number of piperazine rings is 1. The van der Waals surface area contributed by atoms with Gasteiger partial charge in [-0.2, -0.15) is 0 Å². The molecule has 11 heteroatoms. The second kappa shape index (κ2) is 7.28. The third kappa shape index (κ3) is 3.47. The average molecular weight is 444 g/mol. The summed E-state index contributed by atoms with van der Waals surface area (Å²) in [5.41, 5.74) is -1.35. The van der Waals surface area contributed by atoms with Gasteiger partial charge < -0.3 is 14.5 Å². The normalized spacial score (nSPS) is 25.2. The van der Waals surface area contributed by atoms with Gasteiger partial charge in [-0.1, -0.05) is 0 Å². The SMILES string of the molecule is CC(C)(C)OC(=O)N1CCN2c3ccc([N+](=O)[O-])cc3CC3(C(=O)CC(=O)NC3=O)C2C1. The van der Waals surface area contributed by atoms with Crippen molar-refractivity contribution >= 4 is 35.1 Å². The van der Waals surface area contributed by atoms with E-state index in [0.29, 0.717) is 17.8 Å². The molecule has 0 bridgehead atoms. The van der Waals surface area contributed by atoms with Crippen molar-refractivity contribution in [1.82, 2.24) is 10.2 Å². The first kappa shape index (κ1) is 21.7. The first-order valence-corrected chi connectivity index (χ1v) is 10.3. The van der Waals surface area contributed by atoms with Gasteiger partial charge in [-0.15, -0.1) is 0 Å². The minimum atomic E-state index is -1.64. The summed E-state index contributed by atoms with van der Waals surface area (Å²) in [6.45, 7) is 5.86. The van der Waals surface area contributed by atoms with Crippen molar-refractivity contribution in [2.75, 3.05) is 24.5 Å². The van der Waals surface area contributed by atoms with Gasteiger partial charge in [-0.05, 0) is 38.8 Å².